The zero-order chi connectivity index (χ0) is 13.8. The molecule has 4 nitrogen and oxygen atoms in total. The molecule has 0 amide bonds. The molecule has 0 atom stereocenters. The average molecular weight is 343 g/mol. The fourth-order valence-corrected chi connectivity index (χ4v) is 2.21. The molecular weight excluding hydrogens is 334 g/mol. The summed E-state index contributed by atoms with van der Waals surface area (Å²) in [5.74, 6) is 0.438. The molecule has 2 rings (SSSR count). The summed E-state index contributed by atoms with van der Waals surface area (Å²) in [4.78, 5) is 10.2. The number of hydrogen-bond donors (Lipinski definition) is 0. The van der Waals surface area contributed by atoms with E-state index in [1.807, 2.05) is 12.1 Å². The molecule has 0 bridgehead atoms. The molecule has 19 heavy (non-hydrogen) atoms. The minimum absolute atomic E-state index is 0.000553. The molecule has 0 saturated carbocycles. The second kappa shape index (κ2) is 6.04. The second-order valence-corrected chi connectivity index (χ2v) is 5.10. The van der Waals surface area contributed by atoms with E-state index >= 15 is 0 Å². The standard InChI is InChI=1S/C13H9BrClNO3/c14-10-5-4-9(13(15)6-10)8-19-12-3-1-2-11(7-12)16(17)18/h1-7H,8H2. The van der Waals surface area contributed by atoms with Gasteiger partial charge in [-0.3, -0.25) is 10.1 Å². The van der Waals surface area contributed by atoms with Gasteiger partial charge in [0.2, 0.25) is 0 Å². The van der Waals surface area contributed by atoms with Gasteiger partial charge in [-0.05, 0) is 18.2 Å². The van der Waals surface area contributed by atoms with Crippen molar-refractivity contribution in [3.63, 3.8) is 0 Å². The first-order valence-corrected chi connectivity index (χ1v) is 6.54. The fraction of sp³-hybridized carbons (Fsp3) is 0.0769. The van der Waals surface area contributed by atoms with E-state index in [9.17, 15) is 10.1 Å². The summed E-state index contributed by atoms with van der Waals surface area (Å²) in [7, 11) is 0. The lowest BCUT2D eigenvalue weighted by atomic mass is 10.2. The number of hydrogen-bond acceptors (Lipinski definition) is 3. The third-order valence-electron chi connectivity index (χ3n) is 2.44. The third-order valence-corrected chi connectivity index (χ3v) is 3.28. The highest BCUT2D eigenvalue weighted by Crippen LogP contribution is 2.24. The summed E-state index contributed by atoms with van der Waals surface area (Å²) in [5, 5.41) is 11.2. The Morgan fingerprint density at radius 2 is 2.05 bits per heavy atom. The number of halogens is 2. The Hall–Kier alpha value is -1.59. The van der Waals surface area contributed by atoms with Gasteiger partial charge in [0, 0.05) is 21.1 Å². The molecule has 0 heterocycles. The van der Waals surface area contributed by atoms with Crippen LogP contribution in [0.3, 0.4) is 0 Å². The fourth-order valence-electron chi connectivity index (χ4n) is 1.49. The van der Waals surface area contributed by atoms with Crippen LogP contribution in [0.25, 0.3) is 0 Å². The van der Waals surface area contributed by atoms with E-state index in [1.165, 1.54) is 12.1 Å². The highest BCUT2D eigenvalue weighted by molar-refractivity contribution is 9.10. The topological polar surface area (TPSA) is 52.4 Å². The summed E-state index contributed by atoms with van der Waals surface area (Å²) in [6, 6.07) is 11.5. The lowest BCUT2D eigenvalue weighted by Gasteiger charge is -2.08. The molecule has 0 aromatic heterocycles. The molecule has 0 aliphatic rings. The molecular formula is C13H9BrClNO3. The highest BCUT2D eigenvalue weighted by atomic mass is 79.9. The lowest BCUT2D eigenvalue weighted by Crippen LogP contribution is -1.97. The van der Waals surface area contributed by atoms with Crippen molar-refractivity contribution in [1.29, 1.82) is 0 Å². The smallest absolute Gasteiger partial charge is 0.273 e. The van der Waals surface area contributed by atoms with Gasteiger partial charge in [0.1, 0.15) is 12.4 Å². The summed E-state index contributed by atoms with van der Waals surface area (Å²) < 4.78 is 6.39. The molecule has 0 unspecified atom stereocenters. The monoisotopic (exact) mass is 341 g/mol. The largest absolute Gasteiger partial charge is 0.489 e. The number of non-ortho nitro benzene ring substituents is 1. The predicted molar refractivity (Wildman–Crippen MR) is 76.6 cm³/mol. The number of nitro benzene ring substituents is 1. The van der Waals surface area contributed by atoms with Crippen LogP contribution in [0.2, 0.25) is 5.02 Å². The second-order valence-electron chi connectivity index (χ2n) is 3.78. The van der Waals surface area contributed by atoms with Crippen LogP contribution in [0.15, 0.2) is 46.9 Å². The molecule has 0 fully saturated rings. The Morgan fingerprint density at radius 3 is 2.74 bits per heavy atom. The maximum atomic E-state index is 10.6. The Labute approximate surface area is 123 Å². The number of nitrogens with zero attached hydrogens (tertiary/aromatic N) is 1. The van der Waals surface area contributed by atoms with Crippen molar-refractivity contribution >= 4 is 33.2 Å². The third kappa shape index (κ3) is 3.68. The van der Waals surface area contributed by atoms with Crippen molar-refractivity contribution in [2.24, 2.45) is 0 Å². The first-order valence-electron chi connectivity index (χ1n) is 5.37. The van der Waals surface area contributed by atoms with Gasteiger partial charge in [0.05, 0.1) is 11.0 Å². The molecule has 0 aliphatic carbocycles. The molecule has 0 radical (unpaired) electrons. The van der Waals surface area contributed by atoms with Gasteiger partial charge >= 0.3 is 0 Å². The number of nitro groups is 1. The van der Waals surface area contributed by atoms with Gasteiger partial charge < -0.3 is 4.74 Å². The van der Waals surface area contributed by atoms with E-state index in [0.717, 1.165) is 10.0 Å². The van der Waals surface area contributed by atoms with Gasteiger partial charge in [-0.2, -0.15) is 0 Å². The summed E-state index contributed by atoms with van der Waals surface area (Å²) in [6.07, 6.45) is 0. The summed E-state index contributed by atoms with van der Waals surface area (Å²) in [6.45, 7) is 0.257. The van der Waals surface area contributed by atoms with Crippen molar-refractivity contribution in [3.05, 3.63) is 67.6 Å². The van der Waals surface area contributed by atoms with Gasteiger partial charge in [-0.25, -0.2) is 0 Å². The van der Waals surface area contributed by atoms with Crippen LogP contribution in [-0.4, -0.2) is 4.92 Å². The van der Waals surface area contributed by atoms with Crippen LogP contribution >= 0.6 is 27.5 Å². The minimum atomic E-state index is -0.459. The molecule has 2 aromatic rings. The van der Waals surface area contributed by atoms with Crippen LogP contribution in [0.1, 0.15) is 5.56 Å². The maximum absolute atomic E-state index is 10.6. The zero-order valence-electron chi connectivity index (χ0n) is 9.68. The van der Waals surface area contributed by atoms with E-state index in [1.54, 1.807) is 18.2 Å². The van der Waals surface area contributed by atoms with Gasteiger partial charge in [0.25, 0.3) is 5.69 Å². The molecule has 0 N–H and O–H groups in total. The van der Waals surface area contributed by atoms with Crippen LogP contribution in [0.5, 0.6) is 5.75 Å². The lowest BCUT2D eigenvalue weighted by molar-refractivity contribution is -0.384. The molecule has 2 aromatic carbocycles. The van der Waals surface area contributed by atoms with Crippen LogP contribution in [0.4, 0.5) is 5.69 Å². The SMILES string of the molecule is O=[N+]([O-])c1cccc(OCc2ccc(Br)cc2Cl)c1. The average Bonchev–Trinajstić information content (AvgIpc) is 2.38. The Kier molecular flexibility index (Phi) is 4.39. The summed E-state index contributed by atoms with van der Waals surface area (Å²) in [5.41, 5.74) is 0.816. The van der Waals surface area contributed by atoms with E-state index in [0.29, 0.717) is 10.8 Å². The number of benzene rings is 2. The van der Waals surface area contributed by atoms with Crippen molar-refractivity contribution in [2.45, 2.75) is 6.61 Å². The van der Waals surface area contributed by atoms with E-state index < -0.39 is 4.92 Å². The van der Waals surface area contributed by atoms with Gasteiger partial charge in [-0.15, -0.1) is 0 Å². The molecule has 98 valence electrons. The van der Waals surface area contributed by atoms with Crippen LogP contribution in [0, 0.1) is 10.1 Å². The van der Waals surface area contributed by atoms with Crippen molar-refractivity contribution in [2.75, 3.05) is 0 Å². The van der Waals surface area contributed by atoms with Crippen molar-refractivity contribution in [3.8, 4) is 5.75 Å². The predicted octanol–water partition coefficient (Wildman–Crippen LogP) is 4.59. The van der Waals surface area contributed by atoms with E-state index in [2.05, 4.69) is 15.9 Å². The zero-order valence-corrected chi connectivity index (χ0v) is 12.0. The molecule has 0 spiro atoms. The molecule has 0 saturated heterocycles. The van der Waals surface area contributed by atoms with E-state index in [-0.39, 0.29) is 12.3 Å². The van der Waals surface area contributed by atoms with E-state index in [4.69, 9.17) is 16.3 Å². The number of ether oxygens (including phenoxy) is 1. The normalized spacial score (nSPS) is 10.2. The first-order chi connectivity index (χ1) is 9.06. The Morgan fingerprint density at radius 1 is 1.26 bits per heavy atom. The van der Waals surface area contributed by atoms with Crippen LogP contribution in [-0.2, 0) is 6.61 Å². The Bertz CT molecular complexity index is 619. The minimum Gasteiger partial charge on any atom is -0.489 e. The van der Waals surface area contributed by atoms with Crippen LogP contribution < -0.4 is 4.74 Å². The summed E-state index contributed by atoms with van der Waals surface area (Å²) >= 11 is 9.38. The van der Waals surface area contributed by atoms with Gasteiger partial charge in [-0.1, -0.05) is 39.7 Å². The maximum Gasteiger partial charge on any atom is 0.273 e. The van der Waals surface area contributed by atoms with Gasteiger partial charge in [0.15, 0.2) is 0 Å². The quantitative estimate of drug-likeness (QED) is 0.603. The van der Waals surface area contributed by atoms with Crippen molar-refractivity contribution in [1.82, 2.24) is 0 Å². The molecule has 0 aliphatic heterocycles. The highest BCUT2D eigenvalue weighted by Gasteiger charge is 2.07. The van der Waals surface area contributed by atoms with Crippen molar-refractivity contribution < 1.29 is 9.66 Å². The molecule has 6 heteroatoms. The first kappa shape index (κ1) is 13.8. The number of rotatable bonds is 4. The Balaban J connectivity index is 2.10.